The number of benzene rings is 1. The topological polar surface area (TPSA) is 15.3 Å². The van der Waals surface area contributed by atoms with Crippen molar-refractivity contribution >= 4 is 11.4 Å². The molecule has 0 bridgehead atoms. The van der Waals surface area contributed by atoms with Gasteiger partial charge in [-0.15, -0.1) is 0 Å². The third kappa shape index (κ3) is 2.80. The van der Waals surface area contributed by atoms with Crippen LogP contribution in [0.15, 0.2) is 18.2 Å². The molecule has 1 N–H and O–H groups in total. The smallest absolute Gasteiger partial charge is 0.0405 e. The highest BCUT2D eigenvalue weighted by molar-refractivity contribution is 5.65. The molecule has 100 valence electrons. The third-order valence-electron chi connectivity index (χ3n) is 3.30. The first-order valence-corrected chi connectivity index (χ1v) is 6.86. The number of nitrogens with one attached hydrogen (secondary N) is 1. The van der Waals surface area contributed by atoms with E-state index in [2.05, 4.69) is 70.0 Å². The lowest BCUT2D eigenvalue weighted by Crippen LogP contribution is -2.40. The molecule has 0 unspecified atom stereocenters. The van der Waals surface area contributed by atoms with Crippen LogP contribution in [0, 0.1) is 0 Å². The number of nitrogens with zero attached hydrogens (tertiary/aromatic N) is 1. The molecule has 2 rings (SSSR count). The lowest BCUT2D eigenvalue weighted by molar-refractivity contribution is 0.518. The maximum atomic E-state index is 3.55. The van der Waals surface area contributed by atoms with Crippen molar-refractivity contribution in [2.45, 2.75) is 59.0 Å². The second-order valence-corrected chi connectivity index (χ2v) is 7.29. The van der Waals surface area contributed by atoms with Crippen LogP contribution in [0.3, 0.4) is 0 Å². The molecule has 1 aromatic rings. The Bertz CT molecular complexity index is 435. The molecule has 18 heavy (non-hydrogen) atoms. The summed E-state index contributed by atoms with van der Waals surface area (Å²) >= 11 is 0. The van der Waals surface area contributed by atoms with Gasteiger partial charge in [0, 0.05) is 29.0 Å². The Balaban J connectivity index is 2.26. The van der Waals surface area contributed by atoms with E-state index in [-0.39, 0.29) is 11.1 Å². The van der Waals surface area contributed by atoms with Crippen LogP contribution in [0.4, 0.5) is 11.4 Å². The van der Waals surface area contributed by atoms with Crippen molar-refractivity contribution in [2.75, 3.05) is 16.8 Å². The van der Waals surface area contributed by atoms with Crippen molar-refractivity contribution in [1.29, 1.82) is 0 Å². The summed E-state index contributed by atoms with van der Waals surface area (Å²) in [6, 6.07) is 6.78. The van der Waals surface area contributed by atoms with Gasteiger partial charge in [0.1, 0.15) is 0 Å². The molecule has 2 heteroatoms. The first-order chi connectivity index (χ1) is 8.17. The van der Waals surface area contributed by atoms with Crippen molar-refractivity contribution in [3.63, 3.8) is 0 Å². The Hall–Kier alpha value is -1.18. The van der Waals surface area contributed by atoms with Gasteiger partial charge in [0.05, 0.1) is 0 Å². The first kappa shape index (κ1) is 13.3. The van der Waals surface area contributed by atoms with Gasteiger partial charge in [0.2, 0.25) is 0 Å². The fourth-order valence-electron chi connectivity index (χ4n) is 2.61. The van der Waals surface area contributed by atoms with Crippen LogP contribution in [0.5, 0.6) is 0 Å². The van der Waals surface area contributed by atoms with Crippen LogP contribution in [-0.2, 0) is 6.42 Å². The minimum atomic E-state index is 0.122. The predicted molar refractivity (Wildman–Crippen MR) is 80.6 cm³/mol. The highest BCUT2D eigenvalue weighted by Gasteiger charge is 2.28. The molecule has 0 fully saturated rings. The lowest BCUT2D eigenvalue weighted by atomic mass is 10.0. The maximum Gasteiger partial charge on any atom is 0.0405 e. The third-order valence-corrected chi connectivity index (χ3v) is 3.30. The highest BCUT2D eigenvalue weighted by Crippen LogP contribution is 2.35. The van der Waals surface area contributed by atoms with Gasteiger partial charge in [-0.3, -0.25) is 0 Å². The molecule has 2 nitrogen and oxygen atoms in total. The summed E-state index contributed by atoms with van der Waals surface area (Å²) in [5.74, 6) is 0. The fraction of sp³-hybridized carbons (Fsp3) is 0.625. The molecule has 0 aliphatic carbocycles. The summed E-state index contributed by atoms with van der Waals surface area (Å²) in [6.07, 6.45) is 1.16. The lowest BCUT2D eigenvalue weighted by Gasteiger charge is -2.34. The van der Waals surface area contributed by atoms with E-state index in [1.54, 1.807) is 0 Å². The summed E-state index contributed by atoms with van der Waals surface area (Å²) in [6.45, 7) is 14.6. The van der Waals surface area contributed by atoms with Crippen molar-refractivity contribution in [1.82, 2.24) is 0 Å². The average Bonchev–Trinajstić information content (AvgIpc) is 2.56. The van der Waals surface area contributed by atoms with Crippen LogP contribution in [0.2, 0.25) is 0 Å². The van der Waals surface area contributed by atoms with Gasteiger partial charge in [-0.05, 0) is 71.7 Å². The standard InChI is InChI=1S/C16H26N2/c1-15(2,3)17-13-7-8-14-12(11-13)9-10-18(14)16(4,5)6/h7-8,11,17H,9-10H2,1-6H3. The van der Waals surface area contributed by atoms with Crippen LogP contribution in [-0.4, -0.2) is 17.6 Å². The van der Waals surface area contributed by atoms with Gasteiger partial charge < -0.3 is 10.2 Å². The molecule has 1 aromatic carbocycles. The number of rotatable bonds is 1. The maximum absolute atomic E-state index is 3.55. The number of hydrogen-bond donors (Lipinski definition) is 1. The molecule has 0 saturated carbocycles. The number of anilines is 2. The molecule has 0 aromatic heterocycles. The Morgan fingerprint density at radius 1 is 1.06 bits per heavy atom. The normalized spacial score (nSPS) is 15.8. The van der Waals surface area contributed by atoms with Gasteiger partial charge in [-0.1, -0.05) is 0 Å². The molecule has 0 spiro atoms. The number of fused-ring (bicyclic) bond motifs is 1. The van der Waals surface area contributed by atoms with Crippen LogP contribution in [0.1, 0.15) is 47.1 Å². The van der Waals surface area contributed by atoms with Gasteiger partial charge in [-0.25, -0.2) is 0 Å². The van der Waals surface area contributed by atoms with Crippen LogP contribution >= 0.6 is 0 Å². The van der Waals surface area contributed by atoms with Crippen molar-refractivity contribution in [2.24, 2.45) is 0 Å². The molecular weight excluding hydrogens is 220 g/mol. The van der Waals surface area contributed by atoms with Crippen molar-refractivity contribution in [3.05, 3.63) is 23.8 Å². The van der Waals surface area contributed by atoms with Crippen LogP contribution in [0.25, 0.3) is 0 Å². The molecule has 0 amide bonds. The van der Waals surface area contributed by atoms with E-state index in [0.717, 1.165) is 13.0 Å². The monoisotopic (exact) mass is 246 g/mol. The van der Waals surface area contributed by atoms with E-state index in [1.807, 2.05) is 0 Å². The quantitative estimate of drug-likeness (QED) is 0.804. The van der Waals surface area contributed by atoms with E-state index < -0.39 is 0 Å². The van der Waals surface area contributed by atoms with Crippen LogP contribution < -0.4 is 10.2 Å². The van der Waals surface area contributed by atoms with Crippen molar-refractivity contribution < 1.29 is 0 Å². The zero-order valence-electron chi connectivity index (χ0n) is 12.6. The van der Waals surface area contributed by atoms with Crippen molar-refractivity contribution in [3.8, 4) is 0 Å². The Morgan fingerprint density at radius 2 is 1.72 bits per heavy atom. The fourth-order valence-corrected chi connectivity index (χ4v) is 2.61. The van der Waals surface area contributed by atoms with Gasteiger partial charge in [0.15, 0.2) is 0 Å². The first-order valence-electron chi connectivity index (χ1n) is 6.86. The Morgan fingerprint density at radius 3 is 2.28 bits per heavy atom. The number of hydrogen-bond acceptors (Lipinski definition) is 2. The summed E-state index contributed by atoms with van der Waals surface area (Å²) in [5, 5.41) is 3.55. The molecule has 0 saturated heterocycles. The minimum absolute atomic E-state index is 0.122. The Kier molecular flexibility index (Phi) is 3.08. The van der Waals surface area contributed by atoms with E-state index in [0.29, 0.717) is 0 Å². The summed E-state index contributed by atoms with van der Waals surface area (Å²) in [5.41, 5.74) is 4.44. The minimum Gasteiger partial charge on any atom is -0.380 e. The van der Waals surface area contributed by atoms with E-state index in [4.69, 9.17) is 0 Å². The van der Waals surface area contributed by atoms with Gasteiger partial charge >= 0.3 is 0 Å². The molecule has 0 atom stereocenters. The molecule has 1 heterocycles. The summed E-state index contributed by atoms with van der Waals surface area (Å²) in [7, 11) is 0. The average molecular weight is 246 g/mol. The van der Waals surface area contributed by atoms with Gasteiger partial charge in [-0.2, -0.15) is 0 Å². The molecular formula is C16H26N2. The van der Waals surface area contributed by atoms with E-state index >= 15 is 0 Å². The largest absolute Gasteiger partial charge is 0.380 e. The molecule has 1 aliphatic heterocycles. The zero-order valence-corrected chi connectivity index (χ0v) is 12.6. The second-order valence-electron chi connectivity index (χ2n) is 7.29. The molecule has 0 radical (unpaired) electrons. The second kappa shape index (κ2) is 4.18. The summed E-state index contributed by atoms with van der Waals surface area (Å²) in [4.78, 5) is 2.50. The zero-order chi connectivity index (χ0) is 13.6. The Labute approximate surface area is 111 Å². The van der Waals surface area contributed by atoms with Gasteiger partial charge in [0.25, 0.3) is 0 Å². The van der Waals surface area contributed by atoms with E-state index in [1.165, 1.54) is 16.9 Å². The SMILES string of the molecule is CC(C)(C)Nc1ccc2c(c1)CCN2C(C)(C)C. The summed E-state index contributed by atoms with van der Waals surface area (Å²) < 4.78 is 0. The van der Waals surface area contributed by atoms with E-state index in [9.17, 15) is 0 Å². The predicted octanol–water partition coefficient (Wildman–Crippen LogP) is 4.06. The molecule has 1 aliphatic rings. The highest BCUT2D eigenvalue weighted by atomic mass is 15.2.